The molecule has 1 aromatic carbocycles. The minimum absolute atomic E-state index is 0.0801. The van der Waals surface area contributed by atoms with Gasteiger partial charge >= 0.3 is 6.61 Å². The third kappa shape index (κ3) is 2.24. The molecule has 0 saturated heterocycles. The monoisotopic (exact) mass is 261 g/mol. The molecule has 0 aliphatic carbocycles. The zero-order valence-electron chi connectivity index (χ0n) is 9.68. The highest BCUT2D eigenvalue weighted by molar-refractivity contribution is 5.77. The van der Waals surface area contributed by atoms with Gasteiger partial charge in [0, 0.05) is 6.20 Å². The van der Waals surface area contributed by atoms with E-state index >= 15 is 0 Å². The molecule has 6 heteroatoms. The number of nitrogens with one attached hydrogen (secondary N) is 1. The van der Waals surface area contributed by atoms with Crippen molar-refractivity contribution in [2.45, 2.75) is 6.61 Å². The Hall–Kier alpha value is -2.50. The standard InChI is InChI=1S/C13H9F2N3O/c14-13(15)19-10-6-2-1-4-8(10)11-17-9-5-3-7-16-12(9)18-11/h1-7,13H,(H,16,17,18). The molecule has 0 unspecified atom stereocenters. The Morgan fingerprint density at radius 1 is 1.11 bits per heavy atom. The van der Waals surface area contributed by atoms with E-state index in [0.717, 1.165) is 5.52 Å². The fourth-order valence-electron chi connectivity index (χ4n) is 1.83. The number of rotatable bonds is 3. The van der Waals surface area contributed by atoms with Crippen LogP contribution in [0.5, 0.6) is 5.75 Å². The number of H-pyrrole nitrogens is 1. The van der Waals surface area contributed by atoms with Crippen LogP contribution in [0.15, 0.2) is 42.6 Å². The second-order valence-electron chi connectivity index (χ2n) is 3.83. The van der Waals surface area contributed by atoms with E-state index < -0.39 is 6.61 Å². The summed E-state index contributed by atoms with van der Waals surface area (Å²) < 4.78 is 29.2. The van der Waals surface area contributed by atoms with Crippen molar-refractivity contribution in [3.63, 3.8) is 0 Å². The van der Waals surface area contributed by atoms with Crippen molar-refractivity contribution in [3.8, 4) is 17.1 Å². The summed E-state index contributed by atoms with van der Waals surface area (Å²) in [5, 5.41) is 0. The summed E-state index contributed by atoms with van der Waals surface area (Å²) in [6.45, 7) is -2.87. The lowest BCUT2D eigenvalue weighted by Crippen LogP contribution is -2.03. The number of fused-ring (bicyclic) bond motifs is 1. The molecule has 0 atom stereocenters. The molecule has 3 aromatic rings. The highest BCUT2D eigenvalue weighted by atomic mass is 19.3. The van der Waals surface area contributed by atoms with E-state index in [1.54, 1.807) is 30.5 Å². The number of hydrogen-bond donors (Lipinski definition) is 1. The minimum atomic E-state index is -2.87. The number of halogens is 2. The van der Waals surface area contributed by atoms with E-state index in [1.807, 2.05) is 6.07 Å². The Labute approximate surface area is 107 Å². The lowest BCUT2D eigenvalue weighted by atomic mass is 10.2. The maximum atomic E-state index is 12.4. The fraction of sp³-hybridized carbons (Fsp3) is 0.0769. The minimum Gasteiger partial charge on any atom is -0.434 e. The first-order chi connectivity index (χ1) is 9.24. The van der Waals surface area contributed by atoms with Gasteiger partial charge in [-0.15, -0.1) is 0 Å². The lowest BCUT2D eigenvalue weighted by Gasteiger charge is -2.08. The normalized spacial score (nSPS) is 11.1. The van der Waals surface area contributed by atoms with Gasteiger partial charge in [-0.3, -0.25) is 0 Å². The predicted octanol–water partition coefficient (Wildman–Crippen LogP) is 3.23. The second-order valence-corrected chi connectivity index (χ2v) is 3.83. The van der Waals surface area contributed by atoms with Gasteiger partial charge in [-0.1, -0.05) is 12.1 Å². The van der Waals surface area contributed by atoms with Gasteiger partial charge in [-0.05, 0) is 24.3 Å². The molecular weight excluding hydrogens is 252 g/mol. The molecule has 96 valence electrons. The van der Waals surface area contributed by atoms with Crippen LogP contribution in [-0.2, 0) is 0 Å². The maximum Gasteiger partial charge on any atom is 0.387 e. The number of imidazole rings is 1. The summed E-state index contributed by atoms with van der Waals surface area (Å²) in [6.07, 6.45) is 1.62. The number of para-hydroxylation sites is 1. The van der Waals surface area contributed by atoms with E-state index in [-0.39, 0.29) is 5.75 Å². The van der Waals surface area contributed by atoms with Crippen molar-refractivity contribution in [3.05, 3.63) is 42.6 Å². The summed E-state index contributed by atoms with van der Waals surface area (Å²) >= 11 is 0. The molecule has 0 saturated carbocycles. The molecule has 0 fully saturated rings. The van der Waals surface area contributed by atoms with E-state index in [2.05, 4.69) is 19.7 Å². The van der Waals surface area contributed by atoms with Crippen LogP contribution in [-0.4, -0.2) is 21.6 Å². The Morgan fingerprint density at radius 2 is 1.95 bits per heavy atom. The first-order valence-electron chi connectivity index (χ1n) is 5.59. The molecule has 2 heterocycles. The van der Waals surface area contributed by atoms with Gasteiger partial charge in [0.1, 0.15) is 11.6 Å². The predicted molar refractivity (Wildman–Crippen MR) is 66.0 cm³/mol. The molecule has 0 spiro atoms. The number of pyridine rings is 1. The van der Waals surface area contributed by atoms with Crippen molar-refractivity contribution in [1.82, 2.24) is 15.0 Å². The number of ether oxygens (including phenoxy) is 1. The number of aromatic nitrogens is 3. The van der Waals surface area contributed by atoms with Gasteiger partial charge in [-0.25, -0.2) is 9.97 Å². The third-order valence-electron chi connectivity index (χ3n) is 2.62. The van der Waals surface area contributed by atoms with Crippen LogP contribution in [0.1, 0.15) is 0 Å². The van der Waals surface area contributed by atoms with Crippen molar-refractivity contribution < 1.29 is 13.5 Å². The molecule has 3 rings (SSSR count). The smallest absolute Gasteiger partial charge is 0.387 e. The fourth-order valence-corrected chi connectivity index (χ4v) is 1.83. The second kappa shape index (κ2) is 4.64. The zero-order chi connectivity index (χ0) is 13.2. The first kappa shape index (κ1) is 11.6. The van der Waals surface area contributed by atoms with Gasteiger partial charge < -0.3 is 9.72 Å². The molecular formula is C13H9F2N3O. The van der Waals surface area contributed by atoms with Crippen LogP contribution in [0.2, 0.25) is 0 Å². The van der Waals surface area contributed by atoms with Gasteiger partial charge in [0.2, 0.25) is 0 Å². The molecule has 0 amide bonds. The quantitative estimate of drug-likeness (QED) is 0.787. The van der Waals surface area contributed by atoms with Crippen molar-refractivity contribution in [2.75, 3.05) is 0 Å². The van der Waals surface area contributed by atoms with Gasteiger partial charge in [0.15, 0.2) is 5.65 Å². The third-order valence-corrected chi connectivity index (χ3v) is 2.62. The van der Waals surface area contributed by atoms with Gasteiger partial charge in [0.25, 0.3) is 0 Å². The number of hydrogen-bond acceptors (Lipinski definition) is 3. The van der Waals surface area contributed by atoms with Crippen LogP contribution in [0.25, 0.3) is 22.6 Å². The number of nitrogens with zero attached hydrogens (tertiary/aromatic N) is 2. The van der Waals surface area contributed by atoms with Crippen LogP contribution >= 0.6 is 0 Å². The van der Waals surface area contributed by atoms with E-state index in [1.165, 1.54) is 6.07 Å². The summed E-state index contributed by atoms with van der Waals surface area (Å²) in [5.74, 6) is 0.529. The van der Waals surface area contributed by atoms with E-state index in [9.17, 15) is 8.78 Å². The van der Waals surface area contributed by atoms with Crippen molar-refractivity contribution in [2.24, 2.45) is 0 Å². The Bertz CT molecular complexity index is 679. The highest BCUT2D eigenvalue weighted by Crippen LogP contribution is 2.29. The van der Waals surface area contributed by atoms with Crippen molar-refractivity contribution in [1.29, 1.82) is 0 Å². The molecule has 0 bridgehead atoms. The Morgan fingerprint density at radius 3 is 2.74 bits per heavy atom. The van der Waals surface area contributed by atoms with Crippen LogP contribution in [0.4, 0.5) is 8.78 Å². The largest absolute Gasteiger partial charge is 0.434 e. The molecule has 2 aromatic heterocycles. The Kier molecular flexibility index (Phi) is 2.83. The number of alkyl halides is 2. The molecule has 0 radical (unpaired) electrons. The van der Waals surface area contributed by atoms with E-state index in [4.69, 9.17) is 0 Å². The average Bonchev–Trinajstić information content (AvgIpc) is 2.82. The SMILES string of the molecule is FC(F)Oc1ccccc1-c1nc2ncccc2[nH]1. The van der Waals surface area contributed by atoms with Gasteiger partial charge in [0.05, 0.1) is 11.1 Å². The van der Waals surface area contributed by atoms with Crippen molar-refractivity contribution >= 4 is 11.2 Å². The zero-order valence-corrected chi connectivity index (χ0v) is 9.68. The van der Waals surface area contributed by atoms with Gasteiger partial charge in [-0.2, -0.15) is 8.78 Å². The summed E-state index contributed by atoms with van der Waals surface area (Å²) in [5.41, 5.74) is 1.74. The van der Waals surface area contributed by atoms with Crippen LogP contribution in [0.3, 0.4) is 0 Å². The molecule has 4 nitrogen and oxygen atoms in total. The summed E-state index contributed by atoms with van der Waals surface area (Å²) in [4.78, 5) is 11.4. The Balaban J connectivity index is 2.10. The van der Waals surface area contributed by atoms with Crippen LogP contribution < -0.4 is 4.74 Å². The lowest BCUT2D eigenvalue weighted by molar-refractivity contribution is -0.0494. The first-order valence-corrected chi connectivity index (χ1v) is 5.59. The van der Waals surface area contributed by atoms with Crippen LogP contribution in [0, 0.1) is 0 Å². The highest BCUT2D eigenvalue weighted by Gasteiger charge is 2.13. The average molecular weight is 261 g/mol. The molecule has 19 heavy (non-hydrogen) atoms. The number of benzene rings is 1. The topological polar surface area (TPSA) is 50.8 Å². The van der Waals surface area contributed by atoms with E-state index in [0.29, 0.717) is 17.0 Å². The molecule has 0 aliphatic heterocycles. The molecule has 0 aliphatic rings. The molecule has 1 N–H and O–H groups in total. The maximum absolute atomic E-state index is 12.4. The number of aromatic amines is 1. The summed E-state index contributed by atoms with van der Waals surface area (Å²) in [6, 6.07) is 10.1. The summed E-state index contributed by atoms with van der Waals surface area (Å²) in [7, 11) is 0.